The van der Waals surface area contributed by atoms with E-state index in [1.807, 2.05) is 0 Å². The van der Waals surface area contributed by atoms with Gasteiger partial charge in [0, 0.05) is 12.1 Å². The average Bonchev–Trinajstić information content (AvgIpc) is 2.23. The molecule has 0 unspecified atom stereocenters. The molecule has 0 aromatic carbocycles. The first-order valence-corrected chi connectivity index (χ1v) is 8.22. The van der Waals surface area contributed by atoms with E-state index >= 15 is 0 Å². The lowest BCUT2D eigenvalue weighted by atomic mass is 9.93. The molecule has 1 rings (SSSR count). The van der Waals surface area contributed by atoms with Crippen LogP contribution in [0.3, 0.4) is 0 Å². The van der Waals surface area contributed by atoms with Crippen molar-refractivity contribution >= 4 is 10.1 Å². The lowest BCUT2D eigenvalue weighted by Gasteiger charge is -2.37. The highest BCUT2D eigenvalue weighted by Crippen LogP contribution is 2.24. The fourth-order valence-corrected chi connectivity index (χ4v) is 3.20. The Labute approximate surface area is 105 Å². The molecular weight excluding hydrogens is 238 g/mol. The molecule has 1 aliphatic carbocycles. The predicted octanol–water partition coefficient (Wildman–Crippen LogP) is 2.31. The second kappa shape index (κ2) is 6.71. The minimum atomic E-state index is -3.80. The van der Waals surface area contributed by atoms with E-state index in [2.05, 4.69) is 18.7 Å². The zero-order valence-corrected chi connectivity index (χ0v) is 11.7. The predicted molar refractivity (Wildman–Crippen MR) is 69.7 cm³/mol. The van der Waals surface area contributed by atoms with Gasteiger partial charge in [0.2, 0.25) is 0 Å². The van der Waals surface area contributed by atoms with Crippen LogP contribution in [0.2, 0.25) is 0 Å². The molecular formula is C12H25NO3S. The standard InChI is InChI=1S/C12H25NO3S/c1-11(2)13(9-6-10-17(14,15)16)12-7-4-3-5-8-12/h11-12H,3-10H2,1-2H3,(H,14,15,16). The minimum absolute atomic E-state index is 0.122. The summed E-state index contributed by atoms with van der Waals surface area (Å²) in [6.07, 6.45) is 6.87. The summed E-state index contributed by atoms with van der Waals surface area (Å²) in [6.45, 7) is 5.08. The molecule has 1 aliphatic rings. The fraction of sp³-hybridized carbons (Fsp3) is 1.00. The summed E-state index contributed by atoms with van der Waals surface area (Å²) in [5.41, 5.74) is 0. The first-order chi connectivity index (χ1) is 7.90. The number of rotatable bonds is 6. The molecule has 5 heteroatoms. The van der Waals surface area contributed by atoms with E-state index in [4.69, 9.17) is 4.55 Å². The topological polar surface area (TPSA) is 57.6 Å². The zero-order chi connectivity index (χ0) is 12.9. The summed E-state index contributed by atoms with van der Waals surface area (Å²) in [6, 6.07) is 1.05. The number of nitrogens with zero attached hydrogens (tertiary/aromatic N) is 1. The van der Waals surface area contributed by atoms with Gasteiger partial charge in [-0.2, -0.15) is 8.42 Å². The number of hydrogen-bond acceptors (Lipinski definition) is 3. The molecule has 0 spiro atoms. The van der Waals surface area contributed by atoms with Crippen molar-refractivity contribution in [1.29, 1.82) is 0 Å². The van der Waals surface area contributed by atoms with Crippen LogP contribution in [0, 0.1) is 0 Å². The summed E-state index contributed by atoms with van der Waals surface area (Å²) in [5.74, 6) is -0.122. The highest BCUT2D eigenvalue weighted by molar-refractivity contribution is 7.85. The molecule has 0 bridgehead atoms. The normalized spacial score (nSPS) is 19.1. The van der Waals surface area contributed by atoms with Crippen molar-refractivity contribution in [3.8, 4) is 0 Å². The van der Waals surface area contributed by atoms with Crippen LogP contribution < -0.4 is 0 Å². The van der Waals surface area contributed by atoms with Crippen molar-refractivity contribution < 1.29 is 13.0 Å². The average molecular weight is 263 g/mol. The summed E-state index contributed by atoms with van der Waals surface area (Å²) < 4.78 is 30.1. The van der Waals surface area contributed by atoms with Crippen molar-refractivity contribution in [2.45, 2.75) is 64.5 Å². The van der Waals surface area contributed by atoms with E-state index in [0.29, 0.717) is 18.5 Å². The monoisotopic (exact) mass is 263 g/mol. The maximum Gasteiger partial charge on any atom is 0.264 e. The van der Waals surface area contributed by atoms with Gasteiger partial charge in [-0.1, -0.05) is 19.3 Å². The van der Waals surface area contributed by atoms with E-state index in [0.717, 1.165) is 6.54 Å². The Balaban J connectivity index is 2.42. The van der Waals surface area contributed by atoms with Crippen LogP contribution in [0.5, 0.6) is 0 Å². The molecule has 1 fully saturated rings. The third-order valence-electron chi connectivity index (χ3n) is 3.53. The van der Waals surface area contributed by atoms with Gasteiger partial charge in [0.15, 0.2) is 0 Å². The van der Waals surface area contributed by atoms with E-state index in [-0.39, 0.29) is 5.75 Å². The third-order valence-corrected chi connectivity index (χ3v) is 4.33. The summed E-state index contributed by atoms with van der Waals surface area (Å²) in [5, 5.41) is 0. The second-order valence-electron chi connectivity index (χ2n) is 5.26. The van der Waals surface area contributed by atoms with Gasteiger partial charge in [0.05, 0.1) is 5.75 Å². The van der Waals surface area contributed by atoms with Crippen molar-refractivity contribution in [2.24, 2.45) is 0 Å². The Morgan fingerprint density at radius 3 is 2.29 bits per heavy atom. The van der Waals surface area contributed by atoms with Gasteiger partial charge < -0.3 is 0 Å². The van der Waals surface area contributed by atoms with Crippen LogP contribution in [0.4, 0.5) is 0 Å². The zero-order valence-electron chi connectivity index (χ0n) is 10.9. The lowest BCUT2D eigenvalue weighted by molar-refractivity contribution is 0.121. The van der Waals surface area contributed by atoms with Crippen molar-refractivity contribution in [1.82, 2.24) is 4.90 Å². The van der Waals surface area contributed by atoms with Crippen LogP contribution in [-0.4, -0.2) is 42.3 Å². The molecule has 1 saturated carbocycles. The van der Waals surface area contributed by atoms with E-state index in [1.165, 1.54) is 32.1 Å². The Morgan fingerprint density at radius 1 is 1.24 bits per heavy atom. The van der Waals surface area contributed by atoms with Crippen LogP contribution >= 0.6 is 0 Å². The van der Waals surface area contributed by atoms with Crippen LogP contribution in [0.25, 0.3) is 0 Å². The van der Waals surface area contributed by atoms with Crippen LogP contribution in [-0.2, 0) is 10.1 Å². The molecule has 0 atom stereocenters. The van der Waals surface area contributed by atoms with Crippen LogP contribution in [0.15, 0.2) is 0 Å². The van der Waals surface area contributed by atoms with E-state index in [9.17, 15) is 8.42 Å². The Morgan fingerprint density at radius 2 is 1.82 bits per heavy atom. The molecule has 1 N–H and O–H groups in total. The first kappa shape index (κ1) is 14.9. The van der Waals surface area contributed by atoms with Crippen molar-refractivity contribution in [3.05, 3.63) is 0 Å². The quantitative estimate of drug-likeness (QED) is 0.747. The Bertz CT molecular complexity index is 308. The van der Waals surface area contributed by atoms with Crippen LogP contribution in [0.1, 0.15) is 52.4 Å². The molecule has 0 aromatic heterocycles. The second-order valence-corrected chi connectivity index (χ2v) is 6.84. The Hall–Kier alpha value is -0.130. The highest BCUT2D eigenvalue weighted by Gasteiger charge is 2.23. The van der Waals surface area contributed by atoms with Gasteiger partial charge in [-0.05, 0) is 39.7 Å². The van der Waals surface area contributed by atoms with Gasteiger partial charge >= 0.3 is 0 Å². The molecule has 0 saturated heterocycles. The fourth-order valence-electron chi connectivity index (χ4n) is 2.70. The minimum Gasteiger partial charge on any atom is -0.298 e. The molecule has 17 heavy (non-hydrogen) atoms. The maximum absolute atomic E-state index is 10.7. The molecule has 0 aliphatic heterocycles. The largest absolute Gasteiger partial charge is 0.298 e. The molecule has 0 aromatic rings. The molecule has 0 amide bonds. The SMILES string of the molecule is CC(C)N(CCCS(=O)(=O)O)C1CCCCC1. The van der Waals surface area contributed by atoms with Crippen molar-refractivity contribution in [2.75, 3.05) is 12.3 Å². The molecule has 0 radical (unpaired) electrons. The van der Waals surface area contributed by atoms with Gasteiger partial charge in [0.1, 0.15) is 0 Å². The Kier molecular flexibility index (Phi) is 5.89. The molecule has 0 heterocycles. The summed E-state index contributed by atoms with van der Waals surface area (Å²) >= 11 is 0. The lowest BCUT2D eigenvalue weighted by Crippen LogP contribution is -2.42. The van der Waals surface area contributed by atoms with E-state index < -0.39 is 10.1 Å². The van der Waals surface area contributed by atoms with Gasteiger partial charge in [-0.3, -0.25) is 9.45 Å². The summed E-state index contributed by atoms with van der Waals surface area (Å²) in [7, 11) is -3.80. The third kappa shape index (κ3) is 5.84. The number of hydrogen-bond donors (Lipinski definition) is 1. The maximum atomic E-state index is 10.7. The van der Waals surface area contributed by atoms with E-state index in [1.54, 1.807) is 0 Å². The molecule has 102 valence electrons. The highest BCUT2D eigenvalue weighted by atomic mass is 32.2. The van der Waals surface area contributed by atoms with Gasteiger partial charge in [-0.15, -0.1) is 0 Å². The smallest absolute Gasteiger partial charge is 0.264 e. The summed E-state index contributed by atoms with van der Waals surface area (Å²) in [4.78, 5) is 2.39. The van der Waals surface area contributed by atoms with Gasteiger partial charge in [0.25, 0.3) is 10.1 Å². The molecule has 4 nitrogen and oxygen atoms in total. The first-order valence-electron chi connectivity index (χ1n) is 6.61. The van der Waals surface area contributed by atoms with Crippen molar-refractivity contribution in [3.63, 3.8) is 0 Å². The van der Waals surface area contributed by atoms with Gasteiger partial charge in [-0.25, -0.2) is 0 Å².